The van der Waals surface area contributed by atoms with Crippen LogP contribution in [0.1, 0.15) is 15.9 Å². The van der Waals surface area contributed by atoms with Crippen LogP contribution < -0.4 is 10.2 Å². The van der Waals surface area contributed by atoms with Crippen LogP contribution in [0.25, 0.3) is 0 Å². The summed E-state index contributed by atoms with van der Waals surface area (Å²) in [4.78, 5) is 15.7. The van der Waals surface area contributed by atoms with Gasteiger partial charge in [-0.2, -0.15) is 5.10 Å². The number of fused-ring (bicyclic) bond motifs is 2. The van der Waals surface area contributed by atoms with Crippen LogP contribution in [0.2, 0.25) is 0 Å². The van der Waals surface area contributed by atoms with E-state index in [1.807, 2.05) is 55.6 Å². The maximum absolute atomic E-state index is 13.1. The van der Waals surface area contributed by atoms with Crippen molar-refractivity contribution in [1.82, 2.24) is 9.78 Å². The highest BCUT2D eigenvalue weighted by molar-refractivity contribution is 7.80. The topological polar surface area (TPSA) is 50.2 Å². The number of aromatic nitrogens is 2. The van der Waals surface area contributed by atoms with E-state index in [2.05, 4.69) is 23.0 Å². The molecular weight excluding hydrogens is 320 g/mol. The first-order chi connectivity index (χ1) is 11.6. The number of carbonyl (C=O) groups is 1. The van der Waals surface area contributed by atoms with Gasteiger partial charge in [-0.15, -0.1) is 12.6 Å². The number of hydrogen-bond donors (Lipinski definition) is 2. The molecule has 0 aliphatic carbocycles. The molecule has 1 aliphatic rings. The molecule has 6 heteroatoms. The van der Waals surface area contributed by atoms with Crippen LogP contribution in [0.15, 0.2) is 59.6 Å². The average molecular weight is 336 g/mol. The molecule has 24 heavy (non-hydrogen) atoms. The van der Waals surface area contributed by atoms with Crippen molar-refractivity contribution in [1.29, 1.82) is 0 Å². The van der Waals surface area contributed by atoms with E-state index in [1.54, 1.807) is 15.8 Å². The zero-order valence-electron chi connectivity index (χ0n) is 13.1. The van der Waals surface area contributed by atoms with E-state index in [1.165, 1.54) is 0 Å². The van der Waals surface area contributed by atoms with Crippen LogP contribution in [0, 0.1) is 0 Å². The van der Waals surface area contributed by atoms with Gasteiger partial charge in [-0.1, -0.05) is 18.2 Å². The molecule has 1 aliphatic heterocycles. The van der Waals surface area contributed by atoms with Gasteiger partial charge in [-0.3, -0.25) is 9.48 Å². The zero-order valence-corrected chi connectivity index (χ0v) is 14.0. The summed E-state index contributed by atoms with van der Waals surface area (Å²) < 4.78 is 1.78. The molecule has 0 spiro atoms. The van der Waals surface area contributed by atoms with Crippen LogP contribution in [0.5, 0.6) is 0 Å². The molecule has 0 saturated carbocycles. The minimum atomic E-state index is -0.0470. The second-order valence-corrected chi connectivity index (χ2v) is 6.24. The maximum atomic E-state index is 13.1. The lowest BCUT2D eigenvalue weighted by atomic mass is 10.1. The van der Waals surface area contributed by atoms with Crippen LogP contribution in [-0.2, 0) is 13.6 Å². The van der Waals surface area contributed by atoms with E-state index in [9.17, 15) is 4.79 Å². The Kier molecular flexibility index (Phi) is 3.54. The van der Waals surface area contributed by atoms with Gasteiger partial charge in [-0.25, -0.2) is 0 Å². The molecule has 120 valence electrons. The first kappa shape index (κ1) is 14.8. The monoisotopic (exact) mass is 336 g/mol. The third-order valence-corrected chi connectivity index (χ3v) is 4.41. The largest absolute Gasteiger partial charge is 0.338 e. The summed E-state index contributed by atoms with van der Waals surface area (Å²) in [5, 5.41) is 7.69. The molecule has 0 bridgehead atoms. The van der Waals surface area contributed by atoms with Crippen molar-refractivity contribution in [3.8, 4) is 0 Å². The number of aryl methyl sites for hydroxylation is 1. The van der Waals surface area contributed by atoms with E-state index in [4.69, 9.17) is 0 Å². The van der Waals surface area contributed by atoms with Crippen molar-refractivity contribution in [2.24, 2.45) is 7.05 Å². The molecular formula is C18H16N4OS. The van der Waals surface area contributed by atoms with Gasteiger partial charge in [0, 0.05) is 23.1 Å². The summed E-state index contributed by atoms with van der Waals surface area (Å²) in [6.45, 7) is 0.453. The van der Waals surface area contributed by atoms with Gasteiger partial charge < -0.3 is 10.2 Å². The molecule has 2 heterocycles. The average Bonchev–Trinajstić information content (AvgIpc) is 2.85. The highest BCUT2D eigenvalue weighted by atomic mass is 32.1. The molecule has 0 radical (unpaired) electrons. The molecule has 0 saturated heterocycles. The van der Waals surface area contributed by atoms with Gasteiger partial charge in [0.05, 0.1) is 24.1 Å². The van der Waals surface area contributed by atoms with Crippen LogP contribution in [-0.4, -0.2) is 15.7 Å². The molecule has 0 atom stereocenters. The zero-order chi connectivity index (χ0) is 16.7. The number of nitrogens with zero attached hydrogens (tertiary/aromatic N) is 3. The van der Waals surface area contributed by atoms with E-state index in [0.29, 0.717) is 12.1 Å². The quantitative estimate of drug-likeness (QED) is 0.668. The molecule has 5 nitrogen and oxygen atoms in total. The SMILES string of the molecule is Cn1ncc2c1Nc1ccc(S)cc1N(C(=O)c1ccccc1)C2. The third-order valence-electron chi connectivity index (χ3n) is 4.13. The summed E-state index contributed by atoms with van der Waals surface area (Å²) in [5.41, 5.74) is 3.30. The Morgan fingerprint density at radius 2 is 2.00 bits per heavy atom. The predicted octanol–water partition coefficient (Wildman–Crippen LogP) is 3.61. The molecule has 2 aromatic carbocycles. The van der Waals surface area contributed by atoms with Gasteiger partial charge in [-0.05, 0) is 30.3 Å². The van der Waals surface area contributed by atoms with Crippen molar-refractivity contribution in [3.63, 3.8) is 0 Å². The summed E-state index contributed by atoms with van der Waals surface area (Å²) >= 11 is 4.43. The predicted molar refractivity (Wildman–Crippen MR) is 97.1 cm³/mol. The van der Waals surface area contributed by atoms with Crippen molar-refractivity contribution in [2.45, 2.75) is 11.4 Å². The van der Waals surface area contributed by atoms with Crippen molar-refractivity contribution in [2.75, 3.05) is 10.2 Å². The first-order valence-electron chi connectivity index (χ1n) is 7.61. The minimum absolute atomic E-state index is 0.0470. The molecule has 4 rings (SSSR count). The lowest BCUT2D eigenvalue weighted by Crippen LogP contribution is -2.30. The molecule has 1 N–H and O–H groups in total. The van der Waals surface area contributed by atoms with Gasteiger partial charge >= 0.3 is 0 Å². The van der Waals surface area contributed by atoms with Gasteiger partial charge in [0.2, 0.25) is 0 Å². The standard InChI is InChI=1S/C18H16N4OS/c1-21-17-13(10-19-21)11-22(18(23)12-5-3-2-4-6-12)16-9-14(24)7-8-15(16)20-17/h2-10,20,24H,11H2,1H3. The molecule has 0 unspecified atom stereocenters. The molecule has 1 amide bonds. The fraction of sp³-hybridized carbons (Fsp3) is 0.111. The minimum Gasteiger partial charge on any atom is -0.338 e. The van der Waals surface area contributed by atoms with Gasteiger partial charge in [0.1, 0.15) is 5.82 Å². The highest BCUT2D eigenvalue weighted by Crippen LogP contribution is 2.37. The van der Waals surface area contributed by atoms with Crippen LogP contribution in [0.4, 0.5) is 17.2 Å². The number of amides is 1. The fourth-order valence-electron chi connectivity index (χ4n) is 2.91. The normalized spacial score (nSPS) is 12.8. The summed E-state index contributed by atoms with van der Waals surface area (Å²) in [6, 6.07) is 15.0. The summed E-state index contributed by atoms with van der Waals surface area (Å²) in [5.74, 6) is 0.848. The van der Waals surface area contributed by atoms with E-state index >= 15 is 0 Å². The Balaban J connectivity index is 1.86. The molecule has 1 aromatic heterocycles. The third kappa shape index (κ3) is 2.45. The van der Waals surface area contributed by atoms with Crippen molar-refractivity contribution >= 4 is 35.7 Å². The maximum Gasteiger partial charge on any atom is 0.258 e. The van der Waals surface area contributed by atoms with Crippen molar-refractivity contribution < 1.29 is 4.79 Å². The highest BCUT2D eigenvalue weighted by Gasteiger charge is 2.26. The van der Waals surface area contributed by atoms with Crippen LogP contribution >= 0.6 is 12.6 Å². The fourth-order valence-corrected chi connectivity index (χ4v) is 3.11. The Labute approximate surface area is 145 Å². The van der Waals surface area contributed by atoms with E-state index < -0.39 is 0 Å². The Morgan fingerprint density at radius 1 is 1.21 bits per heavy atom. The molecule has 0 fully saturated rings. The number of carbonyl (C=O) groups excluding carboxylic acids is 1. The lowest BCUT2D eigenvalue weighted by molar-refractivity contribution is 0.0985. The van der Waals surface area contributed by atoms with E-state index in [-0.39, 0.29) is 5.91 Å². The van der Waals surface area contributed by atoms with Gasteiger partial charge in [0.25, 0.3) is 5.91 Å². The smallest absolute Gasteiger partial charge is 0.258 e. The first-order valence-corrected chi connectivity index (χ1v) is 8.06. The Hall–Kier alpha value is -2.73. The molecule has 3 aromatic rings. The second kappa shape index (κ2) is 5.72. The Morgan fingerprint density at radius 3 is 2.79 bits per heavy atom. The number of anilines is 3. The Bertz CT molecular complexity index is 920. The summed E-state index contributed by atoms with van der Waals surface area (Å²) in [6.07, 6.45) is 1.79. The number of nitrogens with one attached hydrogen (secondary N) is 1. The number of rotatable bonds is 1. The lowest BCUT2D eigenvalue weighted by Gasteiger charge is -2.23. The van der Waals surface area contributed by atoms with Crippen LogP contribution in [0.3, 0.4) is 0 Å². The number of hydrogen-bond acceptors (Lipinski definition) is 4. The second-order valence-electron chi connectivity index (χ2n) is 5.73. The number of thiol groups is 1. The van der Waals surface area contributed by atoms with Crippen molar-refractivity contribution in [3.05, 3.63) is 65.9 Å². The summed E-state index contributed by atoms with van der Waals surface area (Å²) in [7, 11) is 1.88. The van der Waals surface area contributed by atoms with E-state index in [0.717, 1.165) is 27.7 Å². The van der Waals surface area contributed by atoms with Gasteiger partial charge in [0.15, 0.2) is 0 Å². The number of benzene rings is 2.